The van der Waals surface area contributed by atoms with Gasteiger partial charge in [-0.05, 0) is 44.9 Å². The number of hydrogen-bond acceptors (Lipinski definition) is 9. The molecule has 5 heterocycles. The molecular formula is C81H155Br2F6KN8O8S4+2. The number of alkyl halides is 7. The summed E-state index contributed by atoms with van der Waals surface area (Å²) in [5, 5.41) is -11.4. The molecule has 5 rings (SSSR count). The van der Waals surface area contributed by atoms with Crippen LogP contribution in [0.2, 0.25) is 0 Å². The van der Waals surface area contributed by atoms with Crippen LogP contribution in [-0.2, 0) is 46.6 Å². The molecule has 110 heavy (non-hydrogen) atoms. The Labute approximate surface area is 730 Å². The largest absolute Gasteiger partial charge is 1.00 e. The van der Waals surface area contributed by atoms with E-state index in [1.54, 1.807) is 0 Å². The third-order valence-corrected chi connectivity index (χ3v) is 27.1. The average Bonchev–Trinajstić information content (AvgIpc) is 0.871. The summed E-state index contributed by atoms with van der Waals surface area (Å²) < 4.78 is 169. The molecular weight excluding hydrogens is 1650 g/mol. The maximum atomic E-state index is 12.4. The van der Waals surface area contributed by atoms with E-state index in [9.17, 15) is 60.0 Å². The second kappa shape index (κ2) is 72.8. The van der Waals surface area contributed by atoms with Gasteiger partial charge in [-0.15, -0.1) is 0 Å². The van der Waals surface area contributed by atoms with Gasteiger partial charge in [-0.25, -0.2) is 48.5 Å². The van der Waals surface area contributed by atoms with Crippen molar-refractivity contribution in [3.63, 3.8) is 0 Å². The summed E-state index contributed by atoms with van der Waals surface area (Å²) in [6.45, 7) is 19.7. The maximum absolute atomic E-state index is 12.4. The Kier molecular flexibility index (Phi) is 75.5. The maximum Gasteiger partial charge on any atom is 1.00 e. The molecule has 29 heteroatoms. The molecule has 646 valence electrons. The molecule has 2 fully saturated rings. The van der Waals surface area contributed by atoms with Crippen molar-refractivity contribution in [3.05, 3.63) is 51.8 Å². The second-order valence-corrected chi connectivity index (χ2v) is 38.2. The molecule has 4 aliphatic rings. The van der Waals surface area contributed by atoms with E-state index in [2.05, 4.69) is 124 Å². The van der Waals surface area contributed by atoms with Crippen LogP contribution < -0.4 is 78.2 Å². The zero-order chi connectivity index (χ0) is 80.4. The smallest absolute Gasteiger partial charge is 1.00 e. The fraction of sp³-hybridized carbons (Fsp3) is 0.889. The number of halogens is 8. The minimum Gasteiger partial charge on any atom is -1.00 e. The number of imidazole rings is 1. The fourth-order valence-electron chi connectivity index (χ4n) is 12.8. The van der Waals surface area contributed by atoms with Crippen LogP contribution in [0.4, 0.5) is 26.3 Å². The first-order valence-electron chi connectivity index (χ1n) is 43.1. The number of unbranched alkanes of at least 4 members (excludes halogenated alkanes) is 48. The van der Waals surface area contributed by atoms with Crippen LogP contribution >= 0.6 is 15.9 Å². The molecule has 2 unspecified atom stereocenters. The van der Waals surface area contributed by atoms with Gasteiger partial charge in [0.15, 0.2) is 45.5 Å². The standard InChI is InChI=1S/2C25H49N2.C21H40N2.C4H9Br.C3F6NO4S2.C3H6NO4S2.BrH.K/c2*1-3-5-7-8-9-10-11-12-13-14-15-16-17-18-19-20-22-27-24-23-26(25-27)21-6-4-2;1-2-3-4-5-6-7-8-9-10-11-12-13-14-15-16-17-19-23-20-18-22-21-23;1-2-3-4-5;4-1(5)2(6,7)15(11,12)10-16(13,14)3(1,8)9;5-9(6)2-1-3-10(7,8)4-9;;/h2*23-25H,3-22H2,1-2H3;18,20-21H,2-17,19H2,1H3;2-4H2,1H3;;1-3H2;1H;/q2*+1;;;2*-1;;+1/p+1. The van der Waals surface area contributed by atoms with Crippen molar-refractivity contribution >= 4 is 68.7 Å². The van der Waals surface area contributed by atoms with E-state index < -0.39 is 56.5 Å². The van der Waals surface area contributed by atoms with Gasteiger partial charge in [-0.2, -0.15) is 35.5 Å². The zero-order valence-corrected chi connectivity index (χ0v) is 79.4. The van der Waals surface area contributed by atoms with Gasteiger partial charge in [-0.3, -0.25) is 0 Å². The quantitative estimate of drug-likeness (QED) is 0.0209. The number of aromatic nitrogens is 2. The SMILES string of the molecule is CCCCBr.CCCCCCCCCCCCCCCCCC[NH+]1C=C[N+](CCCC)=C1.CCCCCCCCCCCCCCCCCC[NH+]1C=C[N+](CCCC)=C1.CCCCCCCCCCCCCCCCCCn1ccnc1.O=S1(=O)CCCS(=O)(=O)[N-]1.O=S1(=O)[N-]S(=O)(=O)C(F)(F)C(F)(F)C1(F)F.[Br-].[K+]. The normalized spacial score (nSPS) is 18.2. The number of nitrogens with one attached hydrogen (secondary N) is 2. The Morgan fingerprint density at radius 1 is 0.391 bits per heavy atom. The fourth-order valence-corrected chi connectivity index (χ4v) is 19.3. The van der Waals surface area contributed by atoms with E-state index in [0.29, 0.717) is 0 Å². The van der Waals surface area contributed by atoms with Gasteiger partial charge in [0.1, 0.15) is 0 Å². The van der Waals surface area contributed by atoms with Crippen LogP contribution in [0.1, 0.15) is 395 Å². The first-order chi connectivity index (χ1) is 51.7. The minimum atomic E-state index is -6.60. The number of nitrogens with zero attached hydrogens (tertiary/aromatic N) is 6. The number of aryl methyl sites for hydroxylation is 1. The summed E-state index contributed by atoms with van der Waals surface area (Å²) >= 11 is 3.31. The van der Waals surface area contributed by atoms with Gasteiger partial charge in [0.05, 0.1) is 39.5 Å². The Balaban J connectivity index is -0.00000131. The molecule has 0 radical (unpaired) electrons. The monoisotopic (exact) mass is 1810 g/mol. The molecule has 0 bridgehead atoms. The molecule has 16 nitrogen and oxygen atoms in total. The van der Waals surface area contributed by atoms with E-state index in [0.717, 1.165) is 16.0 Å². The number of rotatable bonds is 59. The number of hydrogen-bond donors (Lipinski definition) is 2. The summed E-state index contributed by atoms with van der Waals surface area (Å²) in [6.07, 6.45) is 97.0. The van der Waals surface area contributed by atoms with Gasteiger partial charge < -0.3 is 29.8 Å². The molecule has 1 aromatic heterocycles. The summed E-state index contributed by atoms with van der Waals surface area (Å²) in [5.74, 6) is -6.89. The summed E-state index contributed by atoms with van der Waals surface area (Å²) in [7, 11) is -20.5. The van der Waals surface area contributed by atoms with Crippen LogP contribution in [-0.4, -0.2) is 124 Å². The first-order valence-corrected chi connectivity index (χ1v) is 50.3. The molecule has 0 saturated carbocycles. The van der Waals surface area contributed by atoms with E-state index in [4.69, 9.17) is 0 Å². The van der Waals surface area contributed by atoms with Crippen molar-refractivity contribution < 1.29 is 147 Å². The first kappa shape index (κ1) is 114. The van der Waals surface area contributed by atoms with Gasteiger partial charge in [0, 0.05) is 48.6 Å². The molecule has 0 aliphatic carbocycles. The van der Waals surface area contributed by atoms with Crippen molar-refractivity contribution in [2.75, 3.05) is 43.0 Å². The molecule has 2 N–H and O–H groups in total. The predicted molar refractivity (Wildman–Crippen MR) is 443 cm³/mol. The molecule has 4 aliphatic heterocycles. The molecule has 2 saturated heterocycles. The molecule has 0 amide bonds. The van der Waals surface area contributed by atoms with Gasteiger partial charge in [0.25, 0.3) is 0 Å². The van der Waals surface area contributed by atoms with E-state index in [1.807, 2.05) is 12.5 Å². The van der Waals surface area contributed by atoms with Crippen molar-refractivity contribution in [1.82, 2.24) is 9.55 Å². The second-order valence-electron chi connectivity index (χ2n) is 30.1. The van der Waals surface area contributed by atoms with Crippen LogP contribution in [0.5, 0.6) is 0 Å². The molecule has 1 aromatic rings. The average molecular weight is 1810 g/mol. The van der Waals surface area contributed by atoms with Crippen LogP contribution in [0.3, 0.4) is 0 Å². The van der Waals surface area contributed by atoms with Crippen LogP contribution in [0.15, 0.2) is 43.5 Å². The minimum absolute atomic E-state index is 0. The van der Waals surface area contributed by atoms with E-state index in [1.165, 1.54) is 383 Å². The van der Waals surface area contributed by atoms with Crippen molar-refractivity contribution in [1.29, 1.82) is 0 Å². The Morgan fingerprint density at radius 3 is 0.882 bits per heavy atom. The number of quaternary nitrogens is 2. The summed E-state index contributed by atoms with van der Waals surface area (Å²) in [6, 6.07) is 0. The third kappa shape index (κ3) is 58.7. The van der Waals surface area contributed by atoms with Crippen molar-refractivity contribution in [2.45, 2.75) is 418 Å². The van der Waals surface area contributed by atoms with Gasteiger partial charge >= 0.3 is 80.5 Å². The van der Waals surface area contributed by atoms with Crippen molar-refractivity contribution in [2.24, 2.45) is 0 Å². The van der Waals surface area contributed by atoms with Crippen LogP contribution in [0.25, 0.3) is 8.25 Å². The van der Waals surface area contributed by atoms with Crippen LogP contribution in [0, 0.1) is 0 Å². The Bertz CT molecular complexity index is 2740. The molecule has 0 spiro atoms. The topological polar surface area (TPSA) is 197 Å². The van der Waals surface area contributed by atoms with Gasteiger partial charge in [-0.1, -0.05) is 353 Å². The van der Waals surface area contributed by atoms with Crippen molar-refractivity contribution in [3.8, 4) is 0 Å². The zero-order valence-electron chi connectivity index (χ0n) is 69.8. The Hall–Kier alpha value is -0.154. The summed E-state index contributed by atoms with van der Waals surface area (Å²) in [4.78, 5) is 7.15. The summed E-state index contributed by atoms with van der Waals surface area (Å²) in [5.41, 5.74) is 0. The number of sulfonamides is 4. The predicted octanol–water partition coefficient (Wildman–Crippen LogP) is 16.5. The Morgan fingerprint density at radius 2 is 0.655 bits per heavy atom. The third-order valence-electron chi connectivity index (χ3n) is 19.7. The van der Waals surface area contributed by atoms with E-state index >= 15 is 0 Å². The van der Waals surface area contributed by atoms with Gasteiger partial charge in [0.2, 0.25) is 12.4 Å². The molecule has 0 aromatic carbocycles. The molecule has 2 atom stereocenters. The van der Waals surface area contributed by atoms with E-state index in [-0.39, 0.29) is 86.3 Å².